The summed E-state index contributed by atoms with van der Waals surface area (Å²) in [5.41, 5.74) is 0. The highest BCUT2D eigenvalue weighted by Gasteiger charge is 2.46. The Morgan fingerprint density at radius 3 is 1.05 bits per heavy atom. The van der Waals surface area contributed by atoms with E-state index in [-0.39, 0.29) is 0 Å². The number of hydrogen-bond donors (Lipinski definition) is 0. The van der Waals surface area contributed by atoms with E-state index in [2.05, 4.69) is 82.3 Å². The van der Waals surface area contributed by atoms with Gasteiger partial charge >= 0.3 is 0 Å². The third-order valence-corrected chi connectivity index (χ3v) is 7.86. The summed E-state index contributed by atoms with van der Waals surface area (Å²) in [6.45, 7) is 0. The fourth-order valence-electron chi connectivity index (χ4n) is 2.54. The standard InChI is InChI=1S/C18H17OP2/c20-19-21(16-10-4-1-5-11-16,17-12-6-2-7-13-17)18-14-8-3-9-15-18/h1-15H,20H2/q+1. The monoisotopic (exact) mass is 311 g/mol. The van der Waals surface area contributed by atoms with Crippen molar-refractivity contribution in [1.82, 2.24) is 0 Å². The van der Waals surface area contributed by atoms with Gasteiger partial charge in [0.15, 0.2) is 0 Å². The molecule has 0 amide bonds. The van der Waals surface area contributed by atoms with Crippen molar-refractivity contribution in [2.75, 3.05) is 0 Å². The summed E-state index contributed by atoms with van der Waals surface area (Å²) in [5, 5.41) is 3.66. The van der Waals surface area contributed by atoms with Crippen LogP contribution in [0.4, 0.5) is 0 Å². The smallest absolute Gasteiger partial charge is 0.209 e. The van der Waals surface area contributed by atoms with Crippen LogP contribution in [-0.4, -0.2) is 0 Å². The molecular formula is C18H17OP2+. The molecule has 3 aromatic carbocycles. The Kier molecular flexibility index (Phi) is 4.46. The number of hydrogen-bond acceptors (Lipinski definition) is 1. The first-order chi connectivity index (χ1) is 10.4. The maximum Gasteiger partial charge on any atom is 0.245 e. The van der Waals surface area contributed by atoms with Gasteiger partial charge in [-0.25, -0.2) is 4.31 Å². The van der Waals surface area contributed by atoms with Gasteiger partial charge < -0.3 is 0 Å². The Hall–Kier alpha value is -1.52. The molecule has 0 fully saturated rings. The Labute approximate surface area is 128 Å². The lowest BCUT2D eigenvalue weighted by Crippen LogP contribution is -2.31. The maximum atomic E-state index is 6.12. The van der Waals surface area contributed by atoms with E-state index < -0.39 is 7.49 Å². The summed E-state index contributed by atoms with van der Waals surface area (Å²) in [5.74, 6) is 0. The van der Waals surface area contributed by atoms with Gasteiger partial charge in [-0.2, -0.15) is 0 Å². The molecule has 3 heteroatoms. The van der Waals surface area contributed by atoms with Crippen molar-refractivity contribution in [2.45, 2.75) is 0 Å². The molecule has 0 aliphatic carbocycles. The molecule has 21 heavy (non-hydrogen) atoms. The minimum absolute atomic E-state index is 1.22. The molecule has 0 heterocycles. The van der Waals surface area contributed by atoms with Crippen molar-refractivity contribution in [3.8, 4) is 0 Å². The second kappa shape index (κ2) is 6.50. The van der Waals surface area contributed by atoms with Gasteiger partial charge in [-0.3, -0.25) is 0 Å². The summed E-state index contributed by atoms with van der Waals surface area (Å²) < 4.78 is 6.12. The van der Waals surface area contributed by atoms with Gasteiger partial charge in [0.1, 0.15) is 15.9 Å². The lowest BCUT2D eigenvalue weighted by atomic mass is 10.4. The van der Waals surface area contributed by atoms with Crippen LogP contribution < -0.4 is 15.9 Å². The third-order valence-electron chi connectivity index (χ3n) is 3.52. The van der Waals surface area contributed by atoms with Crippen molar-refractivity contribution in [3.05, 3.63) is 91.0 Å². The van der Waals surface area contributed by atoms with Gasteiger partial charge in [0.25, 0.3) is 0 Å². The molecule has 0 N–H and O–H groups in total. The topological polar surface area (TPSA) is 9.23 Å². The number of rotatable bonds is 4. The van der Waals surface area contributed by atoms with Gasteiger partial charge in [0, 0.05) is 0 Å². The zero-order valence-corrected chi connectivity index (χ0v) is 13.6. The highest BCUT2D eigenvalue weighted by atomic mass is 31.2. The maximum absolute atomic E-state index is 6.12. The Balaban J connectivity index is 2.29. The summed E-state index contributed by atoms with van der Waals surface area (Å²) in [4.78, 5) is 0. The van der Waals surface area contributed by atoms with Gasteiger partial charge in [0.05, 0.1) is 9.47 Å². The van der Waals surface area contributed by atoms with E-state index in [1.54, 1.807) is 0 Å². The normalized spacial score (nSPS) is 11.3. The first-order valence-corrected chi connectivity index (χ1v) is 9.00. The molecule has 0 spiro atoms. The largest absolute Gasteiger partial charge is 0.245 e. The van der Waals surface area contributed by atoms with Crippen LogP contribution in [0, 0.1) is 0 Å². The molecule has 3 rings (SSSR count). The predicted octanol–water partition coefficient (Wildman–Crippen LogP) is 3.70. The van der Waals surface area contributed by atoms with Crippen molar-refractivity contribution in [3.63, 3.8) is 0 Å². The molecule has 0 aromatic heterocycles. The third kappa shape index (κ3) is 2.65. The molecule has 1 nitrogen and oxygen atoms in total. The van der Waals surface area contributed by atoms with Crippen LogP contribution >= 0.6 is 17.0 Å². The molecule has 104 valence electrons. The van der Waals surface area contributed by atoms with E-state index in [1.165, 1.54) is 15.9 Å². The molecule has 0 saturated heterocycles. The van der Waals surface area contributed by atoms with Gasteiger partial charge in [-0.15, -0.1) is 0 Å². The molecule has 0 bridgehead atoms. The van der Waals surface area contributed by atoms with E-state index in [0.717, 1.165) is 0 Å². The summed E-state index contributed by atoms with van der Waals surface area (Å²) >= 11 is 0. The van der Waals surface area contributed by atoms with Gasteiger partial charge in [0.2, 0.25) is 7.49 Å². The van der Waals surface area contributed by atoms with Gasteiger partial charge in [-0.1, -0.05) is 54.6 Å². The Morgan fingerprint density at radius 2 is 0.810 bits per heavy atom. The van der Waals surface area contributed by atoms with Crippen LogP contribution in [0.25, 0.3) is 0 Å². The highest BCUT2D eigenvalue weighted by Crippen LogP contribution is 2.57. The van der Waals surface area contributed by atoms with E-state index in [1.807, 2.05) is 18.2 Å². The van der Waals surface area contributed by atoms with Crippen LogP contribution in [-0.2, 0) is 4.31 Å². The summed E-state index contributed by atoms with van der Waals surface area (Å²) in [6.07, 6.45) is 0. The average Bonchev–Trinajstić information content (AvgIpc) is 2.59. The minimum Gasteiger partial charge on any atom is -0.209 e. The highest BCUT2D eigenvalue weighted by molar-refractivity contribution is 7.93. The van der Waals surface area contributed by atoms with Crippen molar-refractivity contribution >= 4 is 32.9 Å². The lowest BCUT2D eigenvalue weighted by Gasteiger charge is -2.23. The van der Waals surface area contributed by atoms with E-state index in [9.17, 15) is 0 Å². The fraction of sp³-hybridized carbons (Fsp3) is 0. The molecule has 0 saturated carbocycles. The Bertz CT molecular complexity index is 588. The Morgan fingerprint density at radius 1 is 0.524 bits per heavy atom. The first kappa shape index (κ1) is 14.4. The zero-order chi connectivity index (χ0) is 14.5. The quantitative estimate of drug-likeness (QED) is 0.668. The van der Waals surface area contributed by atoms with Crippen LogP contribution in [0.3, 0.4) is 0 Å². The zero-order valence-electron chi connectivity index (χ0n) is 11.6. The first-order valence-electron chi connectivity index (χ1n) is 6.82. The SMILES string of the molecule is PO[P+](c1ccccc1)(c1ccccc1)c1ccccc1. The number of benzene rings is 3. The molecule has 0 aliphatic heterocycles. The lowest BCUT2D eigenvalue weighted by molar-refractivity contribution is 0.728. The van der Waals surface area contributed by atoms with Crippen LogP contribution in [0.5, 0.6) is 0 Å². The molecular weight excluding hydrogens is 294 g/mol. The van der Waals surface area contributed by atoms with Crippen LogP contribution in [0.2, 0.25) is 0 Å². The summed E-state index contributed by atoms with van der Waals surface area (Å²) in [7, 11) is 0.421. The van der Waals surface area contributed by atoms with Crippen molar-refractivity contribution in [2.24, 2.45) is 0 Å². The van der Waals surface area contributed by atoms with E-state index >= 15 is 0 Å². The van der Waals surface area contributed by atoms with Crippen LogP contribution in [0.1, 0.15) is 0 Å². The predicted molar refractivity (Wildman–Crippen MR) is 95.9 cm³/mol. The van der Waals surface area contributed by atoms with Crippen molar-refractivity contribution in [1.29, 1.82) is 0 Å². The molecule has 1 atom stereocenters. The average molecular weight is 311 g/mol. The molecule has 0 radical (unpaired) electrons. The minimum atomic E-state index is -2.07. The van der Waals surface area contributed by atoms with Crippen LogP contribution in [0.15, 0.2) is 91.0 Å². The molecule has 1 unspecified atom stereocenters. The molecule has 3 aromatic rings. The van der Waals surface area contributed by atoms with E-state index in [0.29, 0.717) is 0 Å². The summed E-state index contributed by atoms with van der Waals surface area (Å²) in [6, 6.07) is 31.4. The second-order valence-electron chi connectivity index (χ2n) is 4.72. The van der Waals surface area contributed by atoms with E-state index in [4.69, 9.17) is 4.31 Å². The molecule has 0 aliphatic rings. The van der Waals surface area contributed by atoms with Gasteiger partial charge in [-0.05, 0) is 36.4 Å². The van der Waals surface area contributed by atoms with Crippen molar-refractivity contribution < 1.29 is 4.31 Å². The second-order valence-corrected chi connectivity index (χ2v) is 8.33. The fourth-order valence-corrected chi connectivity index (χ4v) is 6.67.